The molecule has 0 spiro atoms. The third-order valence-electron chi connectivity index (χ3n) is 4.86. The van der Waals surface area contributed by atoms with Crippen LogP contribution in [0.4, 0.5) is 0 Å². The molecule has 1 aromatic carbocycles. The summed E-state index contributed by atoms with van der Waals surface area (Å²) in [7, 11) is 0. The van der Waals surface area contributed by atoms with Crippen LogP contribution in [0.2, 0.25) is 0 Å². The van der Waals surface area contributed by atoms with Gasteiger partial charge in [0.05, 0.1) is 17.0 Å². The maximum Gasteiger partial charge on any atom is 0.336 e. The molecule has 5 nitrogen and oxygen atoms in total. The molecule has 0 aromatic heterocycles. The molecule has 1 aliphatic heterocycles. The Labute approximate surface area is 135 Å². The summed E-state index contributed by atoms with van der Waals surface area (Å²) in [5, 5.41) is 0.615. The van der Waals surface area contributed by atoms with Crippen molar-refractivity contribution in [2.24, 2.45) is 11.8 Å². The molecule has 1 unspecified atom stereocenters. The van der Waals surface area contributed by atoms with Gasteiger partial charge < -0.3 is 4.84 Å². The van der Waals surface area contributed by atoms with Gasteiger partial charge in [0.25, 0.3) is 11.8 Å². The van der Waals surface area contributed by atoms with Crippen LogP contribution in [0.15, 0.2) is 24.3 Å². The average Bonchev–Trinajstić information content (AvgIpc) is 3.16. The Bertz CT molecular complexity index is 599. The Hall–Kier alpha value is -2.17. The molecule has 1 heterocycles. The standard InChI is InChI=1S/C18H21NO4/c1-2-13(11-12-7-3-4-8-12)18(22)23-19-16(20)14-9-5-6-10-15(14)17(19)21/h5-6,9-10,12-13H,2-4,7-8,11H2,1H3. The zero-order chi connectivity index (χ0) is 16.4. The summed E-state index contributed by atoms with van der Waals surface area (Å²) >= 11 is 0. The lowest BCUT2D eigenvalue weighted by Gasteiger charge is -2.20. The molecule has 0 radical (unpaired) electrons. The molecule has 1 saturated carbocycles. The number of amides is 2. The first kappa shape index (κ1) is 15.7. The van der Waals surface area contributed by atoms with Crippen LogP contribution in [0, 0.1) is 11.8 Å². The van der Waals surface area contributed by atoms with Crippen molar-refractivity contribution in [2.75, 3.05) is 0 Å². The molecule has 5 heteroatoms. The highest BCUT2D eigenvalue weighted by Gasteiger charge is 2.39. The monoisotopic (exact) mass is 315 g/mol. The van der Waals surface area contributed by atoms with Crippen LogP contribution in [0.1, 0.15) is 66.2 Å². The lowest BCUT2D eigenvalue weighted by molar-refractivity contribution is -0.174. The normalized spacial score (nSPS) is 19.1. The summed E-state index contributed by atoms with van der Waals surface area (Å²) in [5.74, 6) is -1.31. The number of hydroxylamine groups is 2. The van der Waals surface area contributed by atoms with Crippen LogP contribution >= 0.6 is 0 Å². The second kappa shape index (κ2) is 6.52. The SMILES string of the molecule is CCC(CC1CCCC1)C(=O)ON1C(=O)c2ccccc2C1=O. The van der Waals surface area contributed by atoms with Crippen LogP contribution in [-0.2, 0) is 9.63 Å². The van der Waals surface area contributed by atoms with Gasteiger partial charge in [-0.2, -0.15) is 0 Å². The molecule has 1 aromatic rings. The minimum Gasteiger partial charge on any atom is -0.329 e. The van der Waals surface area contributed by atoms with Gasteiger partial charge in [-0.05, 0) is 30.9 Å². The van der Waals surface area contributed by atoms with Crippen molar-refractivity contribution < 1.29 is 19.2 Å². The van der Waals surface area contributed by atoms with E-state index in [-0.39, 0.29) is 17.0 Å². The van der Waals surface area contributed by atoms with Crippen molar-refractivity contribution >= 4 is 17.8 Å². The second-order valence-electron chi connectivity index (χ2n) is 6.35. The molecule has 0 N–H and O–H groups in total. The predicted molar refractivity (Wildman–Crippen MR) is 83.4 cm³/mol. The first-order valence-corrected chi connectivity index (χ1v) is 8.31. The Morgan fingerprint density at radius 3 is 2.26 bits per heavy atom. The molecular weight excluding hydrogens is 294 g/mol. The molecule has 1 aliphatic carbocycles. The Morgan fingerprint density at radius 2 is 1.74 bits per heavy atom. The fourth-order valence-electron chi connectivity index (χ4n) is 3.49. The average molecular weight is 315 g/mol. The van der Waals surface area contributed by atoms with Gasteiger partial charge in [-0.1, -0.05) is 49.8 Å². The van der Waals surface area contributed by atoms with E-state index >= 15 is 0 Å². The van der Waals surface area contributed by atoms with Crippen molar-refractivity contribution in [3.63, 3.8) is 0 Å². The van der Waals surface area contributed by atoms with Crippen molar-refractivity contribution in [2.45, 2.75) is 45.4 Å². The highest BCUT2D eigenvalue weighted by molar-refractivity contribution is 6.20. The van der Waals surface area contributed by atoms with E-state index in [1.807, 2.05) is 6.92 Å². The fourth-order valence-corrected chi connectivity index (χ4v) is 3.49. The van der Waals surface area contributed by atoms with E-state index in [9.17, 15) is 14.4 Å². The maximum absolute atomic E-state index is 12.4. The van der Waals surface area contributed by atoms with Gasteiger partial charge in [-0.15, -0.1) is 0 Å². The summed E-state index contributed by atoms with van der Waals surface area (Å²) < 4.78 is 0. The van der Waals surface area contributed by atoms with Crippen LogP contribution < -0.4 is 0 Å². The molecule has 23 heavy (non-hydrogen) atoms. The van der Waals surface area contributed by atoms with E-state index < -0.39 is 17.8 Å². The van der Waals surface area contributed by atoms with E-state index in [0.717, 1.165) is 19.3 Å². The zero-order valence-electron chi connectivity index (χ0n) is 13.3. The molecule has 0 bridgehead atoms. The largest absolute Gasteiger partial charge is 0.336 e. The lowest BCUT2D eigenvalue weighted by Crippen LogP contribution is -2.35. The summed E-state index contributed by atoms with van der Waals surface area (Å²) in [5.41, 5.74) is 0.572. The summed E-state index contributed by atoms with van der Waals surface area (Å²) in [4.78, 5) is 42.0. The number of benzene rings is 1. The maximum atomic E-state index is 12.4. The number of rotatable bonds is 5. The molecule has 1 fully saturated rings. The quantitative estimate of drug-likeness (QED) is 0.782. The van der Waals surface area contributed by atoms with Crippen molar-refractivity contribution in [1.82, 2.24) is 5.06 Å². The van der Waals surface area contributed by atoms with Crippen LogP contribution in [-0.4, -0.2) is 22.8 Å². The Kier molecular flexibility index (Phi) is 4.46. The van der Waals surface area contributed by atoms with E-state index in [2.05, 4.69) is 0 Å². The smallest absolute Gasteiger partial charge is 0.329 e. The predicted octanol–water partition coefficient (Wildman–Crippen LogP) is 3.35. The number of nitrogens with zero attached hydrogens (tertiary/aromatic N) is 1. The van der Waals surface area contributed by atoms with Gasteiger partial charge in [-0.3, -0.25) is 9.59 Å². The third-order valence-corrected chi connectivity index (χ3v) is 4.86. The van der Waals surface area contributed by atoms with E-state index in [1.54, 1.807) is 24.3 Å². The van der Waals surface area contributed by atoms with E-state index in [1.165, 1.54) is 12.8 Å². The van der Waals surface area contributed by atoms with Crippen molar-refractivity contribution in [3.8, 4) is 0 Å². The number of carbonyl (C=O) groups is 3. The molecule has 1 atom stereocenters. The van der Waals surface area contributed by atoms with Gasteiger partial charge in [0.1, 0.15) is 0 Å². The zero-order valence-corrected chi connectivity index (χ0v) is 13.3. The van der Waals surface area contributed by atoms with Gasteiger partial charge in [0, 0.05) is 0 Å². The van der Waals surface area contributed by atoms with Crippen LogP contribution in [0.5, 0.6) is 0 Å². The molecule has 0 saturated heterocycles. The molecule has 3 rings (SSSR count). The highest BCUT2D eigenvalue weighted by atomic mass is 16.7. The highest BCUT2D eigenvalue weighted by Crippen LogP contribution is 2.32. The van der Waals surface area contributed by atoms with Gasteiger partial charge >= 0.3 is 5.97 Å². The number of carbonyl (C=O) groups excluding carboxylic acids is 3. The van der Waals surface area contributed by atoms with Gasteiger partial charge in [0.15, 0.2) is 0 Å². The minimum absolute atomic E-state index is 0.262. The number of imide groups is 1. The lowest BCUT2D eigenvalue weighted by atomic mass is 9.91. The van der Waals surface area contributed by atoms with Crippen molar-refractivity contribution in [1.29, 1.82) is 0 Å². The number of fused-ring (bicyclic) bond motifs is 1. The molecule has 2 amide bonds. The Balaban J connectivity index is 1.67. The second-order valence-corrected chi connectivity index (χ2v) is 6.35. The number of hydrogen-bond donors (Lipinski definition) is 0. The Morgan fingerprint density at radius 1 is 1.17 bits per heavy atom. The minimum atomic E-state index is -0.560. The summed E-state index contributed by atoms with van der Waals surface area (Å²) in [6.07, 6.45) is 6.16. The molecule has 122 valence electrons. The third kappa shape index (κ3) is 3.00. The molecular formula is C18H21NO4. The topological polar surface area (TPSA) is 63.7 Å². The van der Waals surface area contributed by atoms with Gasteiger partial charge in [0.2, 0.25) is 0 Å². The van der Waals surface area contributed by atoms with E-state index in [0.29, 0.717) is 17.4 Å². The fraction of sp³-hybridized carbons (Fsp3) is 0.500. The first-order chi connectivity index (χ1) is 11.1. The first-order valence-electron chi connectivity index (χ1n) is 8.31. The van der Waals surface area contributed by atoms with Gasteiger partial charge in [-0.25, -0.2) is 4.79 Å². The summed E-state index contributed by atoms with van der Waals surface area (Å²) in [6, 6.07) is 6.51. The number of hydrogen-bond acceptors (Lipinski definition) is 4. The van der Waals surface area contributed by atoms with Crippen LogP contribution in [0.3, 0.4) is 0 Å². The van der Waals surface area contributed by atoms with E-state index in [4.69, 9.17) is 4.84 Å². The summed E-state index contributed by atoms with van der Waals surface area (Å²) in [6.45, 7) is 1.93. The van der Waals surface area contributed by atoms with Crippen molar-refractivity contribution in [3.05, 3.63) is 35.4 Å². The molecule has 2 aliphatic rings. The van der Waals surface area contributed by atoms with Crippen LogP contribution in [0.25, 0.3) is 0 Å².